The summed E-state index contributed by atoms with van der Waals surface area (Å²) in [5.74, 6) is -5.24. The molecule has 1 saturated carbocycles. The van der Waals surface area contributed by atoms with Gasteiger partial charge < -0.3 is 39.4 Å². The number of ketones is 2. The maximum absolute atomic E-state index is 14.4. The van der Waals surface area contributed by atoms with Crippen LogP contribution in [0.1, 0.15) is 132 Å². The first-order valence-corrected chi connectivity index (χ1v) is 21.9. The number of cyclic esters (lactones) is 1. The maximum Gasteiger partial charge on any atom is 0.329 e. The molecule has 4 rings (SSSR count). The van der Waals surface area contributed by atoms with Gasteiger partial charge in [0.15, 0.2) is 0 Å². The molecule has 58 heavy (non-hydrogen) atoms. The third kappa shape index (κ3) is 11.7. The SMILES string of the molecule is CC=C(C)OC1CC(C=C(C)C2OC(=O)C3CCCCN3C(=O)C(=O)C3(O)OC(C(OC)CC(C)C/C(C)=C/C(CC)C(=O)CCC2C)C(OC)CC3C)CCC1N. The first-order chi connectivity index (χ1) is 27.5. The Kier molecular flexibility index (Phi) is 17.8. The average Bonchev–Trinajstić information content (AvgIpc) is 3.20. The number of hydrogen-bond acceptors (Lipinski definition) is 11. The van der Waals surface area contributed by atoms with E-state index in [9.17, 15) is 24.3 Å². The zero-order chi connectivity index (χ0) is 42.9. The van der Waals surface area contributed by atoms with E-state index in [0.29, 0.717) is 57.8 Å². The van der Waals surface area contributed by atoms with Crippen molar-refractivity contribution in [2.24, 2.45) is 35.3 Å². The van der Waals surface area contributed by atoms with Gasteiger partial charge in [0.1, 0.15) is 30.1 Å². The number of carbonyl (C=O) groups excluding carboxylic acids is 4. The number of hydrogen-bond donors (Lipinski definition) is 2. The topological polar surface area (TPSA) is 164 Å². The van der Waals surface area contributed by atoms with Crippen LogP contribution in [0.25, 0.3) is 0 Å². The highest BCUT2D eigenvalue weighted by molar-refractivity contribution is 6.39. The fourth-order valence-electron chi connectivity index (χ4n) is 9.62. The Morgan fingerprint density at radius 2 is 1.67 bits per heavy atom. The summed E-state index contributed by atoms with van der Waals surface area (Å²) in [6.45, 7) is 15.8. The molecule has 3 heterocycles. The van der Waals surface area contributed by atoms with Crippen molar-refractivity contribution in [1.29, 1.82) is 0 Å². The lowest BCUT2D eigenvalue weighted by molar-refractivity contribution is -0.302. The molecule has 0 aromatic heterocycles. The van der Waals surface area contributed by atoms with Crippen LogP contribution in [0.5, 0.6) is 0 Å². The fraction of sp³-hybridized carbons (Fsp3) is 0.783. The van der Waals surface area contributed by atoms with E-state index < -0.39 is 59.8 Å². The van der Waals surface area contributed by atoms with Crippen LogP contribution in [0.4, 0.5) is 0 Å². The summed E-state index contributed by atoms with van der Waals surface area (Å²) in [5.41, 5.74) is 8.42. The zero-order valence-electron chi connectivity index (χ0n) is 37.0. The number of amides is 1. The Morgan fingerprint density at radius 1 is 0.983 bits per heavy atom. The van der Waals surface area contributed by atoms with Gasteiger partial charge in [0.2, 0.25) is 5.79 Å². The van der Waals surface area contributed by atoms with E-state index in [1.54, 1.807) is 21.1 Å². The summed E-state index contributed by atoms with van der Waals surface area (Å²) in [4.78, 5) is 58.0. The molecule has 2 saturated heterocycles. The van der Waals surface area contributed by atoms with Gasteiger partial charge in [-0.25, -0.2) is 4.79 Å². The Hall–Kier alpha value is -2.90. The molecule has 2 bridgehead atoms. The van der Waals surface area contributed by atoms with Crippen molar-refractivity contribution in [2.75, 3.05) is 20.8 Å². The number of allylic oxidation sites excluding steroid dienone is 5. The minimum atomic E-state index is -2.46. The van der Waals surface area contributed by atoms with E-state index in [4.69, 9.17) is 29.4 Å². The smallest absolute Gasteiger partial charge is 0.329 e. The minimum Gasteiger partial charge on any atom is -0.494 e. The highest BCUT2D eigenvalue weighted by Gasteiger charge is 2.56. The summed E-state index contributed by atoms with van der Waals surface area (Å²) < 4.78 is 30.7. The summed E-state index contributed by atoms with van der Waals surface area (Å²) in [6.07, 6.45) is 10.3. The monoisotopic (exact) mass is 815 g/mol. The first kappa shape index (κ1) is 47.8. The van der Waals surface area contributed by atoms with E-state index in [2.05, 4.69) is 19.1 Å². The third-order valence-corrected chi connectivity index (χ3v) is 13.3. The lowest BCUT2D eigenvalue weighted by Crippen LogP contribution is -2.64. The number of rotatable bonds is 7. The number of fused-ring (bicyclic) bond motifs is 3. The molecule has 0 spiro atoms. The third-order valence-electron chi connectivity index (χ3n) is 13.3. The van der Waals surface area contributed by atoms with Crippen LogP contribution in [0.3, 0.4) is 0 Å². The van der Waals surface area contributed by atoms with E-state index in [0.717, 1.165) is 29.7 Å². The normalized spacial score (nSPS) is 39.5. The molecule has 3 aliphatic heterocycles. The molecule has 13 atom stereocenters. The van der Waals surface area contributed by atoms with Crippen LogP contribution in [0.15, 0.2) is 35.1 Å². The van der Waals surface area contributed by atoms with Crippen LogP contribution in [0.2, 0.25) is 0 Å². The number of piperidine rings is 1. The Balaban J connectivity index is 1.73. The molecular weight excluding hydrogens is 741 g/mol. The Morgan fingerprint density at radius 3 is 2.33 bits per heavy atom. The summed E-state index contributed by atoms with van der Waals surface area (Å²) in [7, 11) is 3.11. The van der Waals surface area contributed by atoms with Crippen molar-refractivity contribution < 1.29 is 48.0 Å². The maximum atomic E-state index is 14.4. The van der Waals surface area contributed by atoms with Crippen molar-refractivity contribution >= 4 is 23.4 Å². The van der Waals surface area contributed by atoms with Crippen LogP contribution < -0.4 is 5.73 Å². The quantitative estimate of drug-likeness (QED) is 0.121. The number of aliphatic hydroxyl groups is 1. The predicted octanol–water partition coefficient (Wildman–Crippen LogP) is 6.76. The number of Topliss-reactive ketones (excluding diaryl/α,β-unsaturated/α-hetero) is 2. The molecule has 4 aliphatic rings. The van der Waals surface area contributed by atoms with Gasteiger partial charge in [0.05, 0.1) is 18.0 Å². The van der Waals surface area contributed by atoms with Crippen molar-refractivity contribution in [3.8, 4) is 0 Å². The van der Waals surface area contributed by atoms with Gasteiger partial charge in [-0.2, -0.15) is 0 Å². The van der Waals surface area contributed by atoms with Gasteiger partial charge in [0.25, 0.3) is 11.7 Å². The summed E-state index contributed by atoms with van der Waals surface area (Å²) >= 11 is 0. The molecule has 328 valence electrons. The summed E-state index contributed by atoms with van der Waals surface area (Å²) in [6, 6.07) is -1.12. The molecule has 13 unspecified atom stereocenters. The van der Waals surface area contributed by atoms with Crippen molar-refractivity contribution in [3.05, 3.63) is 35.1 Å². The highest BCUT2D eigenvalue weighted by Crippen LogP contribution is 2.39. The van der Waals surface area contributed by atoms with Gasteiger partial charge in [-0.15, -0.1) is 0 Å². The van der Waals surface area contributed by atoms with Gasteiger partial charge in [-0.05, 0) is 128 Å². The van der Waals surface area contributed by atoms with Crippen LogP contribution in [-0.4, -0.2) is 103 Å². The lowest BCUT2D eigenvalue weighted by atomic mass is 9.81. The molecule has 0 radical (unpaired) electrons. The number of methoxy groups -OCH3 is 2. The Labute approximate surface area is 347 Å². The molecule has 1 amide bonds. The lowest BCUT2D eigenvalue weighted by Gasteiger charge is -2.47. The fourth-order valence-corrected chi connectivity index (χ4v) is 9.62. The second kappa shape index (κ2) is 21.6. The molecule has 12 nitrogen and oxygen atoms in total. The van der Waals surface area contributed by atoms with Crippen molar-refractivity contribution in [1.82, 2.24) is 4.90 Å². The molecule has 12 heteroatoms. The number of ether oxygens (including phenoxy) is 5. The highest BCUT2D eigenvalue weighted by atomic mass is 16.7. The van der Waals surface area contributed by atoms with Gasteiger partial charge in [0, 0.05) is 45.1 Å². The van der Waals surface area contributed by atoms with E-state index in [1.165, 1.54) is 4.90 Å². The van der Waals surface area contributed by atoms with Crippen LogP contribution >= 0.6 is 0 Å². The molecule has 3 fully saturated rings. The number of carbonyl (C=O) groups is 4. The summed E-state index contributed by atoms with van der Waals surface area (Å²) in [5, 5.41) is 12.1. The molecule has 1 aliphatic carbocycles. The second-order valence-corrected chi connectivity index (χ2v) is 17.9. The molecule has 3 N–H and O–H groups in total. The number of nitrogens with zero attached hydrogens (tertiary/aromatic N) is 1. The largest absolute Gasteiger partial charge is 0.494 e. The van der Waals surface area contributed by atoms with Gasteiger partial charge in [-0.3, -0.25) is 14.4 Å². The standard InChI is InChI=1S/C46H74N2O10/c1-11-32(8)56-38-26-33(17-18-35(38)47)24-30(6)41-29(5)16-19-37(49)34(12-2)22-27(3)21-28(4)23-39(54-9)42-40(55-10)25-31(7)46(53,58-42)43(50)44(51)48-20-14-13-15-36(48)45(52)57-41/h11,22,24,28-29,31,33-36,38-42,53H,12-21,23,25-26,47H2,1-10H3/b27-22+,30-24?,32-11?. The zero-order valence-corrected chi connectivity index (χ0v) is 37.0. The molecular formula is C46H74N2O10. The first-order valence-electron chi connectivity index (χ1n) is 21.9. The van der Waals surface area contributed by atoms with Gasteiger partial charge in [-0.1, -0.05) is 45.4 Å². The van der Waals surface area contributed by atoms with Crippen LogP contribution in [-0.2, 0) is 42.9 Å². The number of nitrogens with two attached hydrogens (primary N) is 1. The van der Waals surface area contributed by atoms with Crippen molar-refractivity contribution in [2.45, 2.75) is 181 Å². The van der Waals surface area contributed by atoms with E-state index >= 15 is 0 Å². The van der Waals surface area contributed by atoms with E-state index in [-0.39, 0.29) is 54.6 Å². The number of esters is 1. The predicted molar refractivity (Wildman–Crippen MR) is 222 cm³/mol. The Bertz CT molecular complexity index is 1520. The van der Waals surface area contributed by atoms with E-state index in [1.807, 2.05) is 47.6 Å². The molecule has 0 aromatic carbocycles. The molecule has 0 aromatic rings. The van der Waals surface area contributed by atoms with Crippen molar-refractivity contribution in [3.63, 3.8) is 0 Å². The van der Waals surface area contributed by atoms with Crippen LogP contribution in [0, 0.1) is 29.6 Å². The average molecular weight is 815 g/mol. The minimum absolute atomic E-state index is 0.0875. The second-order valence-electron chi connectivity index (χ2n) is 17.9. The van der Waals surface area contributed by atoms with Gasteiger partial charge >= 0.3 is 5.97 Å².